The molecule has 144 valence electrons. The van der Waals surface area contributed by atoms with Crippen molar-refractivity contribution < 1.29 is 9.59 Å². The number of aromatic nitrogens is 2. The van der Waals surface area contributed by atoms with Crippen molar-refractivity contribution in [1.82, 2.24) is 9.55 Å². The minimum atomic E-state index is -0.625. The summed E-state index contributed by atoms with van der Waals surface area (Å²) in [4.78, 5) is 41.0. The van der Waals surface area contributed by atoms with Gasteiger partial charge in [0.1, 0.15) is 12.4 Å². The first-order chi connectivity index (χ1) is 13.5. The van der Waals surface area contributed by atoms with Gasteiger partial charge in [0.2, 0.25) is 11.8 Å². The summed E-state index contributed by atoms with van der Waals surface area (Å²) < 4.78 is 1.28. The fraction of sp³-hybridized carbons (Fsp3) is 0.200. The van der Waals surface area contributed by atoms with Gasteiger partial charge in [-0.1, -0.05) is 30.3 Å². The Morgan fingerprint density at radius 2 is 1.82 bits per heavy atom. The zero-order chi connectivity index (χ0) is 20.1. The van der Waals surface area contributed by atoms with Crippen LogP contribution in [0.25, 0.3) is 10.9 Å². The number of carbonyl (C=O) groups excluding carboxylic acids is 2. The molecule has 0 aliphatic rings. The molecule has 0 saturated heterocycles. The molecule has 2 amide bonds. The van der Waals surface area contributed by atoms with E-state index in [1.165, 1.54) is 16.3 Å². The molecular formula is C20H20N4O3S. The standard InChI is InChI=1S/C20H20N4O3S/c1-13(19(26)22-14-7-3-2-4-8-14)28-12-18-23-16-10-6-5-9-15(16)20(27)24(18)11-17(21)25/h2-10,13H,11-12H2,1H3,(H2,21,25)(H,22,26)/t13-/m1/s1. The number of para-hydroxylation sites is 2. The van der Waals surface area contributed by atoms with Crippen molar-refractivity contribution in [2.75, 3.05) is 5.32 Å². The summed E-state index contributed by atoms with van der Waals surface area (Å²) in [5.41, 5.74) is 6.24. The number of anilines is 1. The van der Waals surface area contributed by atoms with Crippen LogP contribution in [-0.4, -0.2) is 26.6 Å². The average Bonchev–Trinajstić information content (AvgIpc) is 2.69. The smallest absolute Gasteiger partial charge is 0.261 e. The highest BCUT2D eigenvalue weighted by molar-refractivity contribution is 7.99. The van der Waals surface area contributed by atoms with Gasteiger partial charge < -0.3 is 11.1 Å². The molecule has 8 heteroatoms. The molecule has 3 aromatic rings. The summed E-state index contributed by atoms with van der Waals surface area (Å²) in [6.07, 6.45) is 0. The molecule has 7 nitrogen and oxygen atoms in total. The second-order valence-corrected chi connectivity index (χ2v) is 7.54. The summed E-state index contributed by atoms with van der Waals surface area (Å²) in [5, 5.41) is 2.88. The highest BCUT2D eigenvalue weighted by Gasteiger charge is 2.17. The third-order valence-corrected chi connectivity index (χ3v) is 5.27. The van der Waals surface area contributed by atoms with Crippen LogP contribution in [0.1, 0.15) is 12.7 Å². The lowest BCUT2D eigenvalue weighted by atomic mass is 10.2. The number of primary amides is 1. The number of rotatable bonds is 7. The van der Waals surface area contributed by atoms with Gasteiger partial charge in [0.15, 0.2) is 0 Å². The topological polar surface area (TPSA) is 107 Å². The quantitative estimate of drug-likeness (QED) is 0.636. The van der Waals surface area contributed by atoms with Crippen molar-refractivity contribution in [2.24, 2.45) is 5.73 Å². The van der Waals surface area contributed by atoms with E-state index in [1.807, 2.05) is 30.3 Å². The third kappa shape index (κ3) is 4.58. The number of benzene rings is 2. The number of hydrogen-bond donors (Lipinski definition) is 2. The number of nitrogens with two attached hydrogens (primary N) is 1. The first-order valence-electron chi connectivity index (χ1n) is 8.70. The average molecular weight is 396 g/mol. The maximum atomic E-state index is 12.7. The summed E-state index contributed by atoms with van der Waals surface area (Å²) in [6.45, 7) is 1.53. The molecule has 28 heavy (non-hydrogen) atoms. The van der Waals surface area contributed by atoms with Crippen molar-refractivity contribution >= 4 is 40.2 Å². The Bertz CT molecular complexity index is 1070. The van der Waals surface area contributed by atoms with E-state index in [9.17, 15) is 14.4 Å². The molecule has 0 spiro atoms. The van der Waals surface area contributed by atoms with E-state index in [0.29, 0.717) is 16.7 Å². The predicted molar refractivity (Wildman–Crippen MR) is 111 cm³/mol. The number of amides is 2. The van der Waals surface area contributed by atoms with Crippen molar-refractivity contribution in [3.8, 4) is 0 Å². The number of carbonyl (C=O) groups is 2. The largest absolute Gasteiger partial charge is 0.368 e. The molecule has 2 aromatic carbocycles. The van der Waals surface area contributed by atoms with E-state index in [0.717, 1.165) is 5.69 Å². The van der Waals surface area contributed by atoms with Crippen molar-refractivity contribution in [2.45, 2.75) is 24.5 Å². The van der Waals surface area contributed by atoms with E-state index >= 15 is 0 Å². The molecule has 1 aromatic heterocycles. The highest BCUT2D eigenvalue weighted by atomic mass is 32.2. The lowest BCUT2D eigenvalue weighted by Crippen LogP contribution is -2.31. The Kier molecular flexibility index (Phi) is 6.10. The molecule has 0 radical (unpaired) electrons. The number of hydrogen-bond acceptors (Lipinski definition) is 5. The number of thioether (sulfide) groups is 1. The molecule has 0 fully saturated rings. The Morgan fingerprint density at radius 3 is 2.54 bits per heavy atom. The van der Waals surface area contributed by atoms with Crippen LogP contribution in [0.15, 0.2) is 59.4 Å². The zero-order valence-electron chi connectivity index (χ0n) is 15.3. The van der Waals surface area contributed by atoms with Crippen molar-refractivity contribution in [3.05, 3.63) is 70.8 Å². The monoisotopic (exact) mass is 396 g/mol. The van der Waals surface area contributed by atoms with Gasteiger partial charge in [0, 0.05) is 5.69 Å². The fourth-order valence-corrected chi connectivity index (χ4v) is 3.51. The van der Waals surface area contributed by atoms with Crippen LogP contribution in [0.4, 0.5) is 5.69 Å². The highest BCUT2D eigenvalue weighted by Crippen LogP contribution is 2.19. The van der Waals surface area contributed by atoms with E-state index in [1.54, 1.807) is 31.2 Å². The second-order valence-electron chi connectivity index (χ2n) is 6.21. The van der Waals surface area contributed by atoms with Gasteiger partial charge in [-0.05, 0) is 31.2 Å². The lowest BCUT2D eigenvalue weighted by molar-refractivity contribution is -0.118. The Labute approximate surface area is 166 Å². The van der Waals surface area contributed by atoms with E-state index in [-0.39, 0.29) is 29.0 Å². The molecular weight excluding hydrogens is 376 g/mol. The number of nitrogens with zero attached hydrogens (tertiary/aromatic N) is 2. The van der Waals surface area contributed by atoms with Crippen LogP contribution in [-0.2, 0) is 21.9 Å². The van der Waals surface area contributed by atoms with E-state index in [2.05, 4.69) is 10.3 Å². The molecule has 0 unspecified atom stereocenters. The summed E-state index contributed by atoms with van der Waals surface area (Å²) >= 11 is 1.33. The summed E-state index contributed by atoms with van der Waals surface area (Å²) in [5.74, 6) is -0.0792. The van der Waals surface area contributed by atoms with Gasteiger partial charge in [-0.3, -0.25) is 19.0 Å². The van der Waals surface area contributed by atoms with Gasteiger partial charge >= 0.3 is 0 Å². The van der Waals surface area contributed by atoms with E-state index < -0.39 is 5.91 Å². The first-order valence-corrected chi connectivity index (χ1v) is 9.75. The van der Waals surface area contributed by atoms with Gasteiger partial charge in [0.05, 0.1) is 21.9 Å². The maximum absolute atomic E-state index is 12.7. The Morgan fingerprint density at radius 1 is 1.14 bits per heavy atom. The van der Waals surface area contributed by atoms with E-state index in [4.69, 9.17) is 5.73 Å². The lowest BCUT2D eigenvalue weighted by Gasteiger charge is -2.15. The fourth-order valence-electron chi connectivity index (χ4n) is 2.68. The van der Waals surface area contributed by atoms with Crippen LogP contribution in [0.5, 0.6) is 0 Å². The molecule has 3 N–H and O–H groups in total. The number of fused-ring (bicyclic) bond motifs is 1. The van der Waals surface area contributed by atoms with Crippen LogP contribution in [0.3, 0.4) is 0 Å². The molecule has 1 heterocycles. The van der Waals surface area contributed by atoms with Crippen LogP contribution in [0, 0.1) is 0 Å². The predicted octanol–water partition coefficient (Wildman–Crippen LogP) is 2.14. The molecule has 3 rings (SSSR count). The zero-order valence-corrected chi connectivity index (χ0v) is 16.1. The van der Waals surface area contributed by atoms with Gasteiger partial charge in [-0.2, -0.15) is 0 Å². The Balaban J connectivity index is 1.80. The van der Waals surface area contributed by atoms with Gasteiger partial charge in [-0.15, -0.1) is 11.8 Å². The molecule has 1 atom stereocenters. The molecule has 0 aliphatic heterocycles. The second kappa shape index (κ2) is 8.71. The summed E-state index contributed by atoms with van der Waals surface area (Å²) in [7, 11) is 0. The van der Waals surface area contributed by atoms with Crippen molar-refractivity contribution in [3.63, 3.8) is 0 Å². The van der Waals surface area contributed by atoms with Crippen LogP contribution >= 0.6 is 11.8 Å². The normalized spacial score (nSPS) is 11.9. The Hall–Kier alpha value is -3.13. The number of nitrogens with one attached hydrogen (secondary N) is 1. The third-order valence-electron chi connectivity index (χ3n) is 4.13. The molecule has 0 bridgehead atoms. The molecule has 0 aliphatic carbocycles. The SMILES string of the molecule is C[C@@H](SCc1nc2ccccc2c(=O)n1CC(N)=O)C(=O)Nc1ccccc1. The first kappa shape index (κ1) is 19.6. The molecule has 0 saturated carbocycles. The van der Waals surface area contributed by atoms with Gasteiger partial charge in [0.25, 0.3) is 5.56 Å². The maximum Gasteiger partial charge on any atom is 0.261 e. The van der Waals surface area contributed by atoms with Gasteiger partial charge in [-0.25, -0.2) is 4.98 Å². The van der Waals surface area contributed by atoms with Crippen molar-refractivity contribution in [1.29, 1.82) is 0 Å². The summed E-state index contributed by atoms with van der Waals surface area (Å²) in [6, 6.07) is 16.1. The van der Waals surface area contributed by atoms with Crippen LogP contribution < -0.4 is 16.6 Å². The minimum Gasteiger partial charge on any atom is -0.368 e. The minimum absolute atomic E-state index is 0.152. The van der Waals surface area contributed by atoms with Crippen LogP contribution in [0.2, 0.25) is 0 Å².